The van der Waals surface area contributed by atoms with E-state index in [1.807, 2.05) is 0 Å². The second kappa shape index (κ2) is 6.23. The van der Waals surface area contributed by atoms with Crippen LogP contribution < -0.4 is 0 Å². The first-order valence-corrected chi connectivity index (χ1v) is 7.62. The molecule has 0 aromatic rings. The number of carbonyl (C=O) groups is 1. The zero-order valence-corrected chi connectivity index (χ0v) is 12.4. The zero-order chi connectivity index (χ0) is 13.9. The van der Waals surface area contributed by atoms with Crippen LogP contribution in [0, 0.1) is 11.3 Å². The smallest absolute Gasteiger partial charge is 0.310 e. The quantitative estimate of drug-likeness (QED) is 0.827. The van der Waals surface area contributed by atoms with Gasteiger partial charge in [-0.15, -0.1) is 0 Å². The van der Waals surface area contributed by atoms with Crippen LogP contribution in [0.5, 0.6) is 0 Å². The van der Waals surface area contributed by atoms with Crippen molar-refractivity contribution < 1.29 is 9.90 Å². The van der Waals surface area contributed by atoms with Crippen molar-refractivity contribution in [3.63, 3.8) is 0 Å². The molecule has 0 amide bonds. The van der Waals surface area contributed by atoms with Gasteiger partial charge in [0.2, 0.25) is 0 Å². The first-order valence-electron chi connectivity index (χ1n) is 7.62. The van der Waals surface area contributed by atoms with E-state index in [-0.39, 0.29) is 0 Å². The van der Waals surface area contributed by atoms with Gasteiger partial charge in [0.05, 0.1) is 5.41 Å². The van der Waals surface area contributed by atoms with Crippen LogP contribution in [0.4, 0.5) is 0 Å². The van der Waals surface area contributed by atoms with E-state index in [0.29, 0.717) is 0 Å². The van der Waals surface area contributed by atoms with Crippen LogP contribution >= 0.6 is 0 Å². The summed E-state index contributed by atoms with van der Waals surface area (Å²) in [6.07, 6.45) is 6.36. The SMILES string of the molecule is CN(C)CC1CCN(CC2(C(=O)O)CCCC2)CC1. The van der Waals surface area contributed by atoms with Gasteiger partial charge in [-0.1, -0.05) is 12.8 Å². The Morgan fingerprint density at radius 1 is 1.26 bits per heavy atom. The maximum absolute atomic E-state index is 11.6. The molecule has 0 radical (unpaired) electrons. The van der Waals surface area contributed by atoms with E-state index in [9.17, 15) is 9.90 Å². The lowest BCUT2D eigenvalue weighted by molar-refractivity contribution is -0.150. The van der Waals surface area contributed by atoms with Gasteiger partial charge in [0, 0.05) is 13.1 Å². The Kier molecular flexibility index (Phi) is 4.85. The summed E-state index contributed by atoms with van der Waals surface area (Å²) < 4.78 is 0. The average molecular weight is 268 g/mol. The Hall–Kier alpha value is -0.610. The Labute approximate surface area is 116 Å². The Morgan fingerprint density at radius 3 is 2.32 bits per heavy atom. The topological polar surface area (TPSA) is 43.8 Å². The normalized spacial score (nSPS) is 25.0. The zero-order valence-electron chi connectivity index (χ0n) is 12.4. The summed E-state index contributed by atoms with van der Waals surface area (Å²) in [5.74, 6) is 0.219. The van der Waals surface area contributed by atoms with Crippen LogP contribution in [0.2, 0.25) is 0 Å². The summed E-state index contributed by atoms with van der Waals surface area (Å²) in [4.78, 5) is 16.2. The lowest BCUT2D eigenvalue weighted by Crippen LogP contribution is -2.45. The van der Waals surface area contributed by atoms with Crippen LogP contribution in [0.15, 0.2) is 0 Å². The van der Waals surface area contributed by atoms with Crippen LogP contribution in [0.3, 0.4) is 0 Å². The standard InChI is InChI=1S/C15H28N2O2/c1-16(2)11-13-5-9-17(10-6-13)12-15(14(18)19)7-3-4-8-15/h13H,3-12H2,1-2H3,(H,18,19). The Bertz CT molecular complexity index is 303. The minimum absolute atomic E-state index is 0.436. The average Bonchev–Trinajstić information content (AvgIpc) is 2.81. The lowest BCUT2D eigenvalue weighted by Gasteiger charge is -2.37. The molecule has 2 fully saturated rings. The molecule has 1 saturated heterocycles. The molecule has 1 aliphatic heterocycles. The molecule has 110 valence electrons. The van der Waals surface area contributed by atoms with Crippen LogP contribution in [0.1, 0.15) is 38.5 Å². The molecular formula is C15H28N2O2. The maximum Gasteiger partial charge on any atom is 0.310 e. The molecule has 0 aromatic heterocycles. The number of piperidine rings is 1. The second-order valence-electron chi connectivity index (χ2n) is 6.77. The number of rotatable bonds is 5. The number of carboxylic acid groups (broad SMARTS) is 1. The van der Waals surface area contributed by atoms with Crippen molar-refractivity contribution in [3.05, 3.63) is 0 Å². The lowest BCUT2D eigenvalue weighted by atomic mass is 9.84. The van der Waals surface area contributed by atoms with Gasteiger partial charge >= 0.3 is 5.97 Å². The molecule has 1 aliphatic carbocycles. The summed E-state index contributed by atoms with van der Waals surface area (Å²) in [5, 5.41) is 9.53. The largest absolute Gasteiger partial charge is 0.481 e. The predicted octanol–water partition coefficient (Wildman–Crippen LogP) is 1.90. The molecule has 1 N–H and O–H groups in total. The maximum atomic E-state index is 11.6. The first kappa shape index (κ1) is 14.8. The highest BCUT2D eigenvalue weighted by Crippen LogP contribution is 2.39. The van der Waals surface area contributed by atoms with Gasteiger partial charge in [0.15, 0.2) is 0 Å². The van der Waals surface area contributed by atoms with Crippen molar-refractivity contribution in [1.29, 1.82) is 0 Å². The summed E-state index contributed by atoms with van der Waals surface area (Å²) in [7, 11) is 4.26. The van der Waals surface area contributed by atoms with Crippen LogP contribution in [-0.4, -0.2) is 61.2 Å². The summed E-state index contributed by atoms with van der Waals surface area (Å²) >= 11 is 0. The number of nitrogens with zero attached hydrogens (tertiary/aromatic N) is 2. The fourth-order valence-electron chi connectivity index (χ4n) is 3.76. The van der Waals surface area contributed by atoms with E-state index in [4.69, 9.17) is 0 Å². The van der Waals surface area contributed by atoms with Crippen molar-refractivity contribution in [2.24, 2.45) is 11.3 Å². The molecule has 1 heterocycles. The van der Waals surface area contributed by atoms with Gasteiger partial charge in [0.1, 0.15) is 0 Å². The van der Waals surface area contributed by atoms with E-state index >= 15 is 0 Å². The van der Waals surface area contributed by atoms with Gasteiger partial charge in [-0.25, -0.2) is 0 Å². The third kappa shape index (κ3) is 3.69. The van der Waals surface area contributed by atoms with Gasteiger partial charge in [-0.3, -0.25) is 4.79 Å². The fourth-order valence-corrected chi connectivity index (χ4v) is 3.76. The minimum atomic E-state index is -0.569. The van der Waals surface area contributed by atoms with Crippen LogP contribution in [-0.2, 0) is 4.79 Å². The van der Waals surface area contributed by atoms with Crippen molar-refractivity contribution in [2.75, 3.05) is 40.3 Å². The summed E-state index contributed by atoms with van der Waals surface area (Å²) in [6.45, 7) is 4.09. The number of hydrogen-bond donors (Lipinski definition) is 1. The van der Waals surface area contributed by atoms with E-state index < -0.39 is 11.4 Å². The van der Waals surface area contributed by atoms with E-state index in [2.05, 4.69) is 23.9 Å². The fraction of sp³-hybridized carbons (Fsp3) is 0.933. The Morgan fingerprint density at radius 2 is 1.84 bits per heavy atom. The highest BCUT2D eigenvalue weighted by atomic mass is 16.4. The van der Waals surface area contributed by atoms with E-state index in [1.54, 1.807) is 0 Å². The van der Waals surface area contributed by atoms with E-state index in [0.717, 1.165) is 57.8 Å². The Balaban J connectivity index is 1.83. The first-order chi connectivity index (χ1) is 9.02. The highest BCUT2D eigenvalue weighted by Gasteiger charge is 2.42. The molecule has 0 atom stereocenters. The molecule has 2 aliphatic rings. The molecule has 4 heteroatoms. The van der Waals surface area contributed by atoms with Gasteiger partial charge in [-0.2, -0.15) is 0 Å². The molecule has 19 heavy (non-hydrogen) atoms. The molecule has 0 aromatic carbocycles. The number of likely N-dealkylation sites (tertiary alicyclic amines) is 1. The van der Waals surface area contributed by atoms with Crippen molar-refractivity contribution in [1.82, 2.24) is 9.80 Å². The highest BCUT2D eigenvalue weighted by molar-refractivity contribution is 5.75. The van der Waals surface area contributed by atoms with E-state index in [1.165, 1.54) is 12.8 Å². The van der Waals surface area contributed by atoms with Crippen LogP contribution in [0.25, 0.3) is 0 Å². The molecule has 0 spiro atoms. The predicted molar refractivity (Wildman–Crippen MR) is 76.3 cm³/mol. The van der Waals surface area contributed by atoms with Gasteiger partial charge in [0.25, 0.3) is 0 Å². The van der Waals surface area contributed by atoms with Crippen molar-refractivity contribution in [3.8, 4) is 0 Å². The molecule has 4 nitrogen and oxygen atoms in total. The minimum Gasteiger partial charge on any atom is -0.481 e. The summed E-state index contributed by atoms with van der Waals surface area (Å²) in [6, 6.07) is 0. The van der Waals surface area contributed by atoms with Crippen molar-refractivity contribution in [2.45, 2.75) is 38.5 Å². The third-order valence-electron chi connectivity index (χ3n) is 4.87. The molecule has 0 unspecified atom stereocenters. The molecule has 0 bridgehead atoms. The molecule has 2 rings (SSSR count). The van der Waals surface area contributed by atoms with Crippen molar-refractivity contribution >= 4 is 5.97 Å². The number of aliphatic carboxylic acids is 1. The number of hydrogen-bond acceptors (Lipinski definition) is 3. The van der Waals surface area contributed by atoms with Gasteiger partial charge in [-0.05, 0) is 58.8 Å². The monoisotopic (exact) mass is 268 g/mol. The van der Waals surface area contributed by atoms with Gasteiger partial charge < -0.3 is 14.9 Å². The second-order valence-corrected chi connectivity index (χ2v) is 6.77. The molecular weight excluding hydrogens is 240 g/mol. The third-order valence-corrected chi connectivity index (χ3v) is 4.87. The number of carboxylic acids is 1. The summed E-state index contributed by atoms with van der Waals surface area (Å²) in [5.41, 5.74) is -0.436. The molecule has 1 saturated carbocycles.